The molecule has 1 aromatic rings. The number of rotatable bonds is 4. The molecule has 1 atom stereocenters. The quantitative estimate of drug-likeness (QED) is 0.447. The van der Waals surface area contributed by atoms with E-state index in [0.29, 0.717) is 0 Å². The van der Waals surface area contributed by atoms with Gasteiger partial charge in [-0.05, 0) is 6.07 Å². The highest BCUT2D eigenvalue weighted by atomic mass is 16.6. The lowest BCUT2D eigenvalue weighted by atomic mass is 9.98. The molecule has 0 aliphatic carbocycles. The van der Waals surface area contributed by atoms with Crippen LogP contribution in [0.1, 0.15) is 27.6 Å². The summed E-state index contributed by atoms with van der Waals surface area (Å²) in [5, 5.41) is 37.4. The van der Waals surface area contributed by atoms with Gasteiger partial charge in [-0.1, -0.05) is 6.07 Å². The van der Waals surface area contributed by atoms with Crippen molar-refractivity contribution in [2.75, 3.05) is 0 Å². The first kappa shape index (κ1) is 13.3. The van der Waals surface area contributed by atoms with Crippen molar-refractivity contribution in [1.82, 2.24) is 0 Å². The summed E-state index contributed by atoms with van der Waals surface area (Å²) in [6, 6.07) is 3.49. The third kappa shape index (κ3) is 2.16. The summed E-state index contributed by atoms with van der Waals surface area (Å²) in [6.45, 7) is 0. The van der Waals surface area contributed by atoms with E-state index in [2.05, 4.69) is 0 Å². The number of carboxylic acids is 1. The van der Waals surface area contributed by atoms with E-state index in [1.807, 2.05) is 0 Å². The Morgan fingerprint density at radius 2 is 2.17 bits per heavy atom. The summed E-state index contributed by atoms with van der Waals surface area (Å²) in [6.07, 6.45) is -2.03. The smallest absolute Gasteiger partial charge is 0.337 e. The molecule has 0 fully saturated rings. The van der Waals surface area contributed by atoms with Crippen molar-refractivity contribution in [3.05, 3.63) is 38.9 Å². The van der Waals surface area contributed by atoms with Gasteiger partial charge in [-0.3, -0.25) is 14.9 Å². The summed E-state index contributed by atoms with van der Waals surface area (Å²) in [4.78, 5) is 31.2. The molecule has 0 heterocycles. The number of aliphatic hydroxyl groups excluding tert-OH is 1. The van der Waals surface area contributed by atoms with Gasteiger partial charge in [-0.2, -0.15) is 5.26 Å². The molecular formula is C10H6N2O6. The number of benzene rings is 1. The van der Waals surface area contributed by atoms with E-state index >= 15 is 0 Å². The van der Waals surface area contributed by atoms with E-state index in [4.69, 9.17) is 10.4 Å². The fourth-order valence-corrected chi connectivity index (χ4v) is 1.41. The van der Waals surface area contributed by atoms with E-state index in [9.17, 15) is 24.8 Å². The number of carbonyl (C=O) groups is 2. The molecule has 1 unspecified atom stereocenters. The maximum atomic E-state index is 10.8. The third-order valence-corrected chi connectivity index (χ3v) is 2.20. The fraction of sp³-hybridized carbons (Fsp3) is 0.100. The third-order valence-electron chi connectivity index (χ3n) is 2.20. The average molecular weight is 250 g/mol. The van der Waals surface area contributed by atoms with Crippen molar-refractivity contribution >= 4 is 17.9 Å². The molecule has 92 valence electrons. The first-order chi connectivity index (χ1) is 8.43. The van der Waals surface area contributed by atoms with Crippen LogP contribution in [0.25, 0.3) is 0 Å². The summed E-state index contributed by atoms with van der Waals surface area (Å²) in [5.74, 6) is -1.66. The molecule has 0 amide bonds. The Kier molecular flexibility index (Phi) is 3.71. The van der Waals surface area contributed by atoms with Gasteiger partial charge >= 0.3 is 5.97 Å². The van der Waals surface area contributed by atoms with E-state index < -0.39 is 33.8 Å². The number of aldehydes is 1. The second kappa shape index (κ2) is 5.03. The van der Waals surface area contributed by atoms with Gasteiger partial charge in [0.05, 0.1) is 10.5 Å². The van der Waals surface area contributed by atoms with Crippen molar-refractivity contribution in [2.24, 2.45) is 0 Å². The van der Waals surface area contributed by atoms with Crippen LogP contribution in [-0.2, 0) is 4.79 Å². The van der Waals surface area contributed by atoms with Crippen LogP contribution in [0.3, 0.4) is 0 Å². The van der Waals surface area contributed by atoms with Crippen molar-refractivity contribution in [1.29, 1.82) is 5.26 Å². The summed E-state index contributed by atoms with van der Waals surface area (Å²) < 4.78 is 0. The van der Waals surface area contributed by atoms with Crippen LogP contribution in [0.4, 0.5) is 5.69 Å². The number of nitriles is 1. The Morgan fingerprint density at radius 3 is 2.56 bits per heavy atom. The fourth-order valence-electron chi connectivity index (χ4n) is 1.41. The Balaban J connectivity index is 3.64. The van der Waals surface area contributed by atoms with Gasteiger partial charge in [-0.25, -0.2) is 4.79 Å². The molecule has 1 aromatic carbocycles. The molecule has 2 N–H and O–H groups in total. The number of nitro groups is 1. The largest absolute Gasteiger partial charge is 0.479 e. The maximum absolute atomic E-state index is 10.8. The zero-order valence-electron chi connectivity index (χ0n) is 8.73. The van der Waals surface area contributed by atoms with Crippen molar-refractivity contribution < 1.29 is 24.7 Å². The first-order valence-electron chi connectivity index (χ1n) is 4.51. The molecule has 0 bridgehead atoms. The number of carbonyl (C=O) groups excluding carboxylic acids is 1. The van der Waals surface area contributed by atoms with Gasteiger partial charge in [0.15, 0.2) is 12.4 Å². The minimum Gasteiger partial charge on any atom is -0.479 e. The number of nitrogens with zero attached hydrogens (tertiary/aromatic N) is 2. The topological polar surface area (TPSA) is 142 Å². The first-order valence-corrected chi connectivity index (χ1v) is 4.51. The molecule has 0 aliphatic heterocycles. The minimum atomic E-state index is -2.07. The second-order valence-electron chi connectivity index (χ2n) is 3.19. The zero-order chi connectivity index (χ0) is 13.9. The average Bonchev–Trinajstić information content (AvgIpc) is 2.35. The minimum absolute atomic E-state index is 0.0421. The van der Waals surface area contributed by atoms with Gasteiger partial charge in [0.25, 0.3) is 5.69 Å². The molecule has 0 aromatic heterocycles. The monoisotopic (exact) mass is 250 g/mol. The zero-order valence-corrected chi connectivity index (χ0v) is 8.73. The molecule has 0 saturated heterocycles. The summed E-state index contributed by atoms with van der Waals surface area (Å²) in [5.41, 5.74) is -2.24. The summed E-state index contributed by atoms with van der Waals surface area (Å²) >= 11 is 0. The van der Waals surface area contributed by atoms with E-state index in [-0.39, 0.29) is 11.8 Å². The summed E-state index contributed by atoms with van der Waals surface area (Å²) in [7, 11) is 0. The SMILES string of the molecule is N#Cc1ccc(C(O)C(=O)O)c(C=O)c1[N+](=O)[O-]. The maximum Gasteiger partial charge on any atom is 0.337 e. The standard InChI is InChI=1S/C10H6N2O6/c11-3-5-1-2-6(9(14)10(15)16)7(4-13)8(5)12(17)18/h1-2,4,9,14H,(H,15,16). The van der Waals surface area contributed by atoms with Gasteiger partial charge < -0.3 is 10.2 Å². The number of aliphatic hydroxyl groups is 1. The van der Waals surface area contributed by atoms with Crippen LogP contribution in [0, 0.1) is 21.4 Å². The molecule has 8 heteroatoms. The number of aliphatic carboxylic acids is 1. The Morgan fingerprint density at radius 1 is 1.56 bits per heavy atom. The van der Waals surface area contributed by atoms with E-state index in [1.54, 1.807) is 0 Å². The van der Waals surface area contributed by atoms with Crippen molar-refractivity contribution in [3.8, 4) is 6.07 Å². The molecule has 1 rings (SSSR count). The highest BCUT2D eigenvalue weighted by molar-refractivity contribution is 5.89. The van der Waals surface area contributed by atoms with Crippen LogP contribution in [-0.4, -0.2) is 27.4 Å². The van der Waals surface area contributed by atoms with E-state index in [1.165, 1.54) is 6.07 Å². The second-order valence-corrected chi connectivity index (χ2v) is 3.19. The number of hydrogen-bond acceptors (Lipinski definition) is 6. The van der Waals surface area contributed by atoms with Gasteiger partial charge in [0.2, 0.25) is 0 Å². The molecule has 8 nitrogen and oxygen atoms in total. The van der Waals surface area contributed by atoms with Crippen molar-refractivity contribution in [2.45, 2.75) is 6.10 Å². The van der Waals surface area contributed by atoms with Gasteiger partial charge in [0.1, 0.15) is 11.6 Å². The molecule has 0 aliphatic rings. The molecule has 0 saturated carbocycles. The van der Waals surface area contributed by atoms with Crippen LogP contribution in [0.15, 0.2) is 12.1 Å². The molecular weight excluding hydrogens is 244 g/mol. The van der Waals surface area contributed by atoms with Crippen LogP contribution >= 0.6 is 0 Å². The van der Waals surface area contributed by atoms with E-state index in [0.717, 1.165) is 12.1 Å². The van der Waals surface area contributed by atoms with Gasteiger partial charge in [0, 0.05) is 5.56 Å². The normalized spacial score (nSPS) is 11.3. The predicted octanol–water partition coefficient (Wildman–Crippen LogP) is 0.397. The van der Waals surface area contributed by atoms with Gasteiger partial charge in [-0.15, -0.1) is 0 Å². The number of nitro benzene ring substituents is 1. The Hall–Kier alpha value is -2.79. The van der Waals surface area contributed by atoms with Crippen LogP contribution in [0.2, 0.25) is 0 Å². The lowest BCUT2D eigenvalue weighted by Crippen LogP contribution is -2.14. The van der Waals surface area contributed by atoms with Crippen LogP contribution < -0.4 is 0 Å². The Bertz CT molecular complexity index is 574. The lowest BCUT2D eigenvalue weighted by Gasteiger charge is -2.09. The van der Waals surface area contributed by atoms with Crippen LogP contribution in [0.5, 0.6) is 0 Å². The highest BCUT2D eigenvalue weighted by Crippen LogP contribution is 2.29. The number of carboxylic acid groups (broad SMARTS) is 1. The number of hydrogen-bond donors (Lipinski definition) is 2. The predicted molar refractivity (Wildman–Crippen MR) is 55.8 cm³/mol. The lowest BCUT2D eigenvalue weighted by molar-refractivity contribution is -0.385. The molecule has 18 heavy (non-hydrogen) atoms. The van der Waals surface area contributed by atoms with Crippen molar-refractivity contribution in [3.63, 3.8) is 0 Å². The highest BCUT2D eigenvalue weighted by Gasteiger charge is 2.28. The molecule has 0 radical (unpaired) electrons. The Labute approximate surface area is 99.8 Å². The molecule has 0 spiro atoms.